The molecule has 0 fully saturated rings. The van der Waals surface area contributed by atoms with Crippen molar-refractivity contribution < 1.29 is 33.0 Å². The molecule has 0 aliphatic rings. The third-order valence-electron chi connectivity index (χ3n) is 11.1. The van der Waals surface area contributed by atoms with Crippen LogP contribution in [0.4, 0.5) is 4.39 Å². The molecule has 6 nitrogen and oxygen atoms in total. The number of halogens is 1. The van der Waals surface area contributed by atoms with Gasteiger partial charge in [-0.3, -0.25) is 14.4 Å². The van der Waals surface area contributed by atoms with Gasteiger partial charge in [-0.15, -0.1) is 47.0 Å². The molecule has 8 aromatic rings. The Labute approximate surface area is 380 Å². The number of aryl methyl sites for hydroxylation is 4. The van der Waals surface area contributed by atoms with Crippen molar-refractivity contribution in [1.82, 2.24) is 24.5 Å². The van der Waals surface area contributed by atoms with Gasteiger partial charge in [0.05, 0.1) is 36.7 Å². The largest absolute Gasteiger partial charge is 0.459 e. The van der Waals surface area contributed by atoms with E-state index in [9.17, 15) is 4.39 Å². The molecule has 0 aliphatic carbocycles. The van der Waals surface area contributed by atoms with E-state index in [1.54, 1.807) is 0 Å². The molecule has 3 aromatic carbocycles. The Morgan fingerprint density at radius 3 is 2.23 bits per heavy atom. The number of hydrogen-bond acceptors (Lipinski definition) is 5. The van der Waals surface area contributed by atoms with Crippen LogP contribution in [0.2, 0.25) is 19.6 Å². The maximum atomic E-state index is 13.6. The van der Waals surface area contributed by atoms with Crippen molar-refractivity contribution in [2.24, 2.45) is 5.92 Å². The Kier molecular flexibility index (Phi) is 12.4. The van der Waals surface area contributed by atoms with E-state index in [-0.39, 0.29) is 25.7 Å². The molecule has 0 saturated carbocycles. The molecule has 8 rings (SSSR count). The summed E-state index contributed by atoms with van der Waals surface area (Å²) in [6, 6.07) is 25.6. The van der Waals surface area contributed by atoms with Crippen molar-refractivity contribution in [2.45, 2.75) is 114 Å². The summed E-state index contributed by atoms with van der Waals surface area (Å²) in [7, 11) is -1.57. The minimum atomic E-state index is -2.41. The number of fused-ring (bicyclic) bond motifs is 4. The Morgan fingerprint density at radius 2 is 1.57 bits per heavy atom. The van der Waals surface area contributed by atoms with E-state index in [1.807, 2.05) is 32.3 Å². The van der Waals surface area contributed by atoms with Gasteiger partial charge >= 0.3 is 0 Å². The molecule has 0 N–H and O–H groups in total. The normalized spacial score (nSPS) is 12.8. The number of hydrogen-bond donors (Lipinski definition) is 0. The molecule has 0 saturated heterocycles. The summed E-state index contributed by atoms with van der Waals surface area (Å²) in [6.07, 6.45) is 4.73. The number of nitrogens with zero attached hydrogens (tertiary/aromatic N) is 5. The molecule has 9 heteroatoms. The van der Waals surface area contributed by atoms with E-state index < -0.39 is 20.7 Å². The van der Waals surface area contributed by atoms with Gasteiger partial charge in [-0.1, -0.05) is 109 Å². The van der Waals surface area contributed by atoms with Crippen molar-refractivity contribution in [3.05, 3.63) is 136 Å². The Balaban J connectivity index is 0.000000229. The van der Waals surface area contributed by atoms with Gasteiger partial charge in [0.2, 0.25) is 5.71 Å². The minimum absolute atomic E-state index is 0. The maximum Gasteiger partial charge on any atom is 0.216 e. The Morgan fingerprint density at radius 1 is 0.852 bits per heavy atom. The number of furan rings is 1. The number of pyridine rings is 3. The summed E-state index contributed by atoms with van der Waals surface area (Å²) < 4.78 is 45.2. The zero-order valence-corrected chi connectivity index (χ0v) is 40.8. The molecule has 0 bridgehead atoms. The third kappa shape index (κ3) is 9.65. The second-order valence-corrected chi connectivity index (χ2v) is 23.3. The van der Waals surface area contributed by atoms with E-state index in [1.165, 1.54) is 33.5 Å². The zero-order chi connectivity index (χ0) is 45.7. The van der Waals surface area contributed by atoms with Crippen molar-refractivity contribution >= 4 is 46.4 Å². The molecule has 0 atom stereocenters. The number of imidazole rings is 1. The van der Waals surface area contributed by atoms with Crippen LogP contribution < -0.4 is 5.19 Å². The number of benzene rings is 3. The van der Waals surface area contributed by atoms with Gasteiger partial charge in [0, 0.05) is 59.6 Å². The Hall–Kier alpha value is -4.82. The molecule has 61 heavy (non-hydrogen) atoms. The van der Waals surface area contributed by atoms with E-state index >= 15 is 0 Å². The first-order valence-corrected chi connectivity index (χ1v) is 24.5. The van der Waals surface area contributed by atoms with Gasteiger partial charge < -0.3 is 14.0 Å². The van der Waals surface area contributed by atoms with Gasteiger partial charge in [-0.2, -0.15) is 0 Å². The van der Waals surface area contributed by atoms with E-state index in [0.717, 1.165) is 62.6 Å². The van der Waals surface area contributed by atoms with Crippen LogP contribution in [0.5, 0.6) is 0 Å². The van der Waals surface area contributed by atoms with Crippen LogP contribution in [-0.4, -0.2) is 32.6 Å². The fraction of sp³-hybridized carbons (Fsp3) is 0.346. The van der Waals surface area contributed by atoms with Crippen molar-refractivity contribution in [2.75, 3.05) is 0 Å². The fourth-order valence-electron chi connectivity index (χ4n) is 8.32. The molecular weight excluding hydrogens is 950 g/mol. The monoisotopic (exact) mass is 1010 g/mol. The molecule has 5 aromatic heterocycles. The predicted octanol–water partition coefficient (Wildman–Crippen LogP) is 13.2. The van der Waals surface area contributed by atoms with Gasteiger partial charge in [0.25, 0.3) is 0 Å². The fourth-order valence-corrected chi connectivity index (χ4v) is 9.91. The molecule has 0 amide bonds. The predicted molar refractivity (Wildman–Crippen MR) is 250 cm³/mol. The number of rotatable bonds is 9. The summed E-state index contributed by atoms with van der Waals surface area (Å²) in [5.74, 6) is 1.57. The van der Waals surface area contributed by atoms with Crippen LogP contribution in [0.3, 0.4) is 0 Å². The molecule has 0 unspecified atom stereocenters. The van der Waals surface area contributed by atoms with Crippen LogP contribution >= 0.6 is 0 Å². The average molecular weight is 1010 g/mol. The standard InChI is InChI=1S/C33H33N4O.C19H25FNSi.Ir/c1-18(2)24-9-8-10-25(19(3)4)27(24)17-37-29-16-34-21(6)14-28(29)36-32(37)23-11-12-26-30(15-23)38-33-31(26)20(5)13-22(7)35-33;1-13(2)9-15-11-18(21-12-19(15)22(4,5)6)17-8-7-16(20)10-14(17)3;/h8-14,16,18-19H,17H2,1-7H3;7,10-13H,9H2,1-6H3;/q2*-1;/i;3D3;. The van der Waals surface area contributed by atoms with Crippen LogP contribution in [0.25, 0.3) is 55.7 Å². The van der Waals surface area contributed by atoms with Crippen molar-refractivity contribution in [3.8, 4) is 22.6 Å². The molecule has 5 heterocycles. The summed E-state index contributed by atoms with van der Waals surface area (Å²) >= 11 is 0. The SMILES string of the molecule is Cc1cc2nc(-c3[c-]c4oc5nc(C)cc(C)c5c4cc3)n(Cc3c(C(C)C)cccc3C(C)C)c2cn1.[2H]C([2H])([2H])c1cc(F)c[c-]c1-c1cc(CC(C)C)c([Si](C)(C)C)cn1.[Ir]. The molecule has 319 valence electrons. The topological polar surface area (TPSA) is 69.6 Å². The summed E-state index contributed by atoms with van der Waals surface area (Å²) in [6.45, 7) is 24.6. The zero-order valence-electron chi connectivity index (χ0n) is 40.4. The Bertz CT molecular complexity index is 2960. The van der Waals surface area contributed by atoms with E-state index in [0.29, 0.717) is 46.9 Å². The third-order valence-corrected chi connectivity index (χ3v) is 13.2. The van der Waals surface area contributed by atoms with Crippen molar-refractivity contribution in [3.63, 3.8) is 0 Å². The maximum absolute atomic E-state index is 13.6. The van der Waals surface area contributed by atoms with Gasteiger partial charge in [-0.05, 0) is 90.2 Å². The van der Waals surface area contributed by atoms with Gasteiger partial charge in [0.15, 0.2) is 0 Å². The molecular formula is C52H58FIrN5OSi-2. The second-order valence-electron chi connectivity index (χ2n) is 18.2. The summed E-state index contributed by atoms with van der Waals surface area (Å²) in [5, 5.41) is 3.36. The van der Waals surface area contributed by atoms with Crippen LogP contribution in [0, 0.1) is 51.5 Å². The van der Waals surface area contributed by atoms with Gasteiger partial charge in [0.1, 0.15) is 0 Å². The van der Waals surface area contributed by atoms with Crippen LogP contribution in [0.1, 0.15) is 102 Å². The quantitative estimate of drug-likeness (QED) is 0.106. The minimum Gasteiger partial charge on any atom is -0.459 e. The number of aromatic nitrogens is 5. The molecule has 0 spiro atoms. The van der Waals surface area contributed by atoms with Gasteiger partial charge in [-0.25, -0.2) is 4.98 Å². The van der Waals surface area contributed by atoms with E-state index in [2.05, 4.69) is 142 Å². The van der Waals surface area contributed by atoms with E-state index in [4.69, 9.17) is 13.5 Å². The smallest absolute Gasteiger partial charge is 0.216 e. The average Bonchev–Trinajstić information content (AvgIpc) is 3.74. The van der Waals surface area contributed by atoms with Crippen LogP contribution in [-0.2, 0) is 33.1 Å². The summed E-state index contributed by atoms with van der Waals surface area (Å²) in [5.41, 5.74) is 13.4. The molecule has 0 aliphatic heterocycles. The molecule has 1 radical (unpaired) electrons. The first-order chi connectivity index (χ1) is 29.6. The summed E-state index contributed by atoms with van der Waals surface area (Å²) in [4.78, 5) is 18.9. The van der Waals surface area contributed by atoms with Crippen LogP contribution in [0.15, 0.2) is 77.5 Å². The van der Waals surface area contributed by atoms with Crippen molar-refractivity contribution in [1.29, 1.82) is 0 Å². The second kappa shape index (κ2) is 18.3. The first-order valence-electron chi connectivity index (χ1n) is 22.5. The first kappa shape index (κ1) is 41.5.